The molecule has 0 radical (unpaired) electrons. The van der Waals surface area contributed by atoms with Gasteiger partial charge in [-0.05, 0) is 30.5 Å². The average molecular weight is 258 g/mol. The number of rotatable bonds is 7. The van der Waals surface area contributed by atoms with Crippen LogP contribution in [0.15, 0.2) is 18.2 Å². The van der Waals surface area contributed by atoms with E-state index in [0.29, 0.717) is 24.0 Å². The molecule has 0 spiro atoms. The van der Waals surface area contributed by atoms with Gasteiger partial charge in [-0.2, -0.15) is 0 Å². The van der Waals surface area contributed by atoms with E-state index in [1.807, 2.05) is 18.2 Å². The molecule has 3 nitrogen and oxygen atoms in total. The Hall–Kier alpha value is -0.770. The van der Waals surface area contributed by atoms with Crippen molar-refractivity contribution in [1.29, 1.82) is 0 Å². The molecular formula is C13H20ClNO2. The number of halogens is 1. The summed E-state index contributed by atoms with van der Waals surface area (Å²) in [7, 11) is 1.64. The molecule has 0 heterocycles. The minimum absolute atomic E-state index is 0.186. The minimum atomic E-state index is 0.186. The summed E-state index contributed by atoms with van der Waals surface area (Å²) in [5.74, 6) is 0.692. The molecular weight excluding hydrogens is 238 g/mol. The van der Waals surface area contributed by atoms with E-state index in [4.69, 9.17) is 26.8 Å². The van der Waals surface area contributed by atoms with Gasteiger partial charge in [0.1, 0.15) is 12.4 Å². The molecule has 96 valence electrons. The van der Waals surface area contributed by atoms with Crippen LogP contribution in [-0.2, 0) is 11.2 Å². The molecule has 0 saturated carbocycles. The third kappa shape index (κ3) is 4.94. The summed E-state index contributed by atoms with van der Waals surface area (Å²) < 4.78 is 10.4. The smallest absolute Gasteiger partial charge is 0.138 e. The molecule has 0 aliphatic rings. The van der Waals surface area contributed by atoms with Crippen LogP contribution in [0.1, 0.15) is 18.9 Å². The fourth-order valence-electron chi connectivity index (χ4n) is 1.47. The molecule has 0 aliphatic carbocycles. The second-order valence-electron chi connectivity index (χ2n) is 3.98. The lowest BCUT2D eigenvalue weighted by molar-refractivity contribution is 0.146. The first-order valence-electron chi connectivity index (χ1n) is 5.83. The van der Waals surface area contributed by atoms with Crippen molar-refractivity contribution >= 4 is 11.6 Å². The van der Waals surface area contributed by atoms with Crippen molar-refractivity contribution in [2.24, 2.45) is 5.73 Å². The Bertz CT molecular complexity index is 344. The molecule has 4 heteroatoms. The third-order valence-corrected chi connectivity index (χ3v) is 2.86. The highest BCUT2D eigenvalue weighted by Crippen LogP contribution is 2.26. The predicted molar refractivity (Wildman–Crippen MR) is 70.8 cm³/mol. The van der Waals surface area contributed by atoms with E-state index in [2.05, 4.69) is 6.92 Å². The van der Waals surface area contributed by atoms with Gasteiger partial charge in [0.25, 0.3) is 0 Å². The van der Waals surface area contributed by atoms with Crippen LogP contribution in [0.4, 0.5) is 0 Å². The summed E-state index contributed by atoms with van der Waals surface area (Å²) in [4.78, 5) is 0. The van der Waals surface area contributed by atoms with Gasteiger partial charge in [-0.25, -0.2) is 0 Å². The summed E-state index contributed by atoms with van der Waals surface area (Å²) in [6, 6.07) is 5.99. The summed E-state index contributed by atoms with van der Waals surface area (Å²) in [5.41, 5.74) is 7.04. The number of hydrogen-bond donors (Lipinski definition) is 1. The molecule has 1 rings (SSSR count). The molecule has 1 atom stereocenters. The lowest BCUT2D eigenvalue weighted by atomic mass is 10.0. The zero-order valence-electron chi connectivity index (χ0n) is 10.4. The highest BCUT2D eigenvalue weighted by atomic mass is 35.5. The van der Waals surface area contributed by atoms with Crippen LogP contribution < -0.4 is 10.5 Å². The van der Waals surface area contributed by atoms with Crippen molar-refractivity contribution in [2.45, 2.75) is 25.8 Å². The molecule has 2 N–H and O–H groups in total. The Labute approximate surface area is 108 Å². The topological polar surface area (TPSA) is 44.5 Å². The van der Waals surface area contributed by atoms with E-state index < -0.39 is 0 Å². The summed E-state index contributed by atoms with van der Waals surface area (Å²) in [6.45, 7) is 3.14. The van der Waals surface area contributed by atoms with Crippen LogP contribution in [-0.4, -0.2) is 26.4 Å². The van der Waals surface area contributed by atoms with Gasteiger partial charge in [-0.3, -0.25) is 0 Å². The number of methoxy groups -OCH3 is 1. The number of ether oxygens (including phenoxy) is 2. The first-order chi connectivity index (χ1) is 8.17. The van der Waals surface area contributed by atoms with Gasteiger partial charge in [0.2, 0.25) is 0 Å². The number of benzene rings is 1. The third-order valence-electron chi connectivity index (χ3n) is 2.56. The van der Waals surface area contributed by atoms with Crippen molar-refractivity contribution in [3.8, 4) is 5.75 Å². The molecule has 0 saturated heterocycles. The van der Waals surface area contributed by atoms with Crippen molar-refractivity contribution < 1.29 is 9.47 Å². The second kappa shape index (κ2) is 7.54. The standard InChI is InChI=1S/C13H20ClNO2/c1-3-11(15)8-10-4-5-13(12(14)9-10)17-7-6-16-2/h4-5,9,11H,3,6-8,15H2,1-2H3. The Morgan fingerprint density at radius 3 is 2.71 bits per heavy atom. The monoisotopic (exact) mass is 257 g/mol. The van der Waals surface area contributed by atoms with Crippen molar-refractivity contribution in [2.75, 3.05) is 20.3 Å². The van der Waals surface area contributed by atoms with Gasteiger partial charge < -0.3 is 15.2 Å². The Kier molecular flexibility index (Phi) is 6.34. The van der Waals surface area contributed by atoms with Gasteiger partial charge in [0, 0.05) is 13.2 Å². The first-order valence-corrected chi connectivity index (χ1v) is 6.21. The normalized spacial score (nSPS) is 12.5. The Morgan fingerprint density at radius 1 is 1.35 bits per heavy atom. The molecule has 0 amide bonds. The minimum Gasteiger partial charge on any atom is -0.490 e. The molecule has 1 unspecified atom stereocenters. The largest absolute Gasteiger partial charge is 0.490 e. The highest BCUT2D eigenvalue weighted by molar-refractivity contribution is 6.32. The van der Waals surface area contributed by atoms with Crippen molar-refractivity contribution in [1.82, 2.24) is 0 Å². The van der Waals surface area contributed by atoms with E-state index >= 15 is 0 Å². The lowest BCUT2D eigenvalue weighted by Crippen LogP contribution is -2.21. The molecule has 0 aromatic heterocycles. The van der Waals surface area contributed by atoms with Gasteiger partial charge >= 0.3 is 0 Å². The van der Waals surface area contributed by atoms with E-state index in [1.165, 1.54) is 0 Å². The maximum atomic E-state index is 6.13. The zero-order valence-corrected chi connectivity index (χ0v) is 11.2. The zero-order chi connectivity index (χ0) is 12.7. The van der Waals surface area contributed by atoms with Crippen LogP contribution in [0.3, 0.4) is 0 Å². The van der Waals surface area contributed by atoms with Crippen LogP contribution >= 0.6 is 11.6 Å². The van der Waals surface area contributed by atoms with E-state index in [0.717, 1.165) is 18.4 Å². The fourth-order valence-corrected chi connectivity index (χ4v) is 1.73. The lowest BCUT2D eigenvalue weighted by Gasteiger charge is -2.11. The van der Waals surface area contributed by atoms with Gasteiger partial charge in [-0.15, -0.1) is 0 Å². The molecule has 0 fully saturated rings. The van der Waals surface area contributed by atoms with Gasteiger partial charge in [0.05, 0.1) is 11.6 Å². The number of hydrogen-bond acceptors (Lipinski definition) is 3. The SMILES string of the molecule is CCC(N)Cc1ccc(OCCOC)c(Cl)c1. The van der Waals surface area contributed by atoms with Crippen molar-refractivity contribution in [3.05, 3.63) is 28.8 Å². The van der Waals surface area contributed by atoms with E-state index in [1.54, 1.807) is 7.11 Å². The summed E-state index contributed by atoms with van der Waals surface area (Å²) in [5, 5.41) is 0.627. The summed E-state index contributed by atoms with van der Waals surface area (Å²) >= 11 is 6.13. The first kappa shape index (κ1) is 14.3. The van der Waals surface area contributed by atoms with Crippen LogP contribution in [0.2, 0.25) is 5.02 Å². The fraction of sp³-hybridized carbons (Fsp3) is 0.538. The quantitative estimate of drug-likeness (QED) is 0.764. The molecule has 0 aliphatic heterocycles. The molecule has 1 aromatic carbocycles. The van der Waals surface area contributed by atoms with Crippen molar-refractivity contribution in [3.63, 3.8) is 0 Å². The second-order valence-corrected chi connectivity index (χ2v) is 4.39. The molecule has 0 bridgehead atoms. The van der Waals surface area contributed by atoms with E-state index in [9.17, 15) is 0 Å². The maximum absolute atomic E-state index is 6.13. The van der Waals surface area contributed by atoms with Crippen LogP contribution in [0.25, 0.3) is 0 Å². The predicted octanol–water partition coefficient (Wildman–Crippen LogP) is 2.65. The van der Waals surface area contributed by atoms with Crippen LogP contribution in [0.5, 0.6) is 5.75 Å². The Balaban J connectivity index is 2.59. The van der Waals surface area contributed by atoms with Gasteiger partial charge in [-0.1, -0.05) is 24.6 Å². The Morgan fingerprint density at radius 2 is 2.12 bits per heavy atom. The van der Waals surface area contributed by atoms with E-state index in [-0.39, 0.29) is 6.04 Å². The highest BCUT2D eigenvalue weighted by Gasteiger charge is 2.06. The molecule has 1 aromatic rings. The average Bonchev–Trinajstić information content (AvgIpc) is 2.32. The summed E-state index contributed by atoms with van der Waals surface area (Å²) in [6.07, 6.45) is 1.80. The number of nitrogens with two attached hydrogens (primary N) is 1. The van der Waals surface area contributed by atoms with Gasteiger partial charge in [0.15, 0.2) is 0 Å². The molecule has 17 heavy (non-hydrogen) atoms. The van der Waals surface area contributed by atoms with Crippen LogP contribution in [0, 0.1) is 0 Å². The maximum Gasteiger partial charge on any atom is 0.138 e.